The number of anilines is 1. The Hall–Kier alpha value is -1.29. The van der Waals surface area contributed by atoms with Crippen molar-refractivity contribution in [2.75, 3.05) is 37.0 Å². The number of carbonyl (C=O) groups is 1. The van der Waals surface area contributed by atoms with Gasteiger partial charge in [-0.05, 0) is 24.3 Å². The summed E-state index contributed by atoms with van der Waals surface area (Å²) in [7, 11) is 0. The smallest absolute Gasteiger partial charge is 0.223 e. The Morgan fingerprint density at radius 3 is 2.33 bits per heavy atom. The predicted molar refractivity (Wildman–Crippen MR) is 70.5 cm³/mol. The van der Waals surface area contributed by atoms with E-state index >= 15 is 0 Å². The number of halogens is 2. The zero-order chi connectivity index (χ0) is 13.0. The molecule has 1 aliphatic heterocycles. The van der Waals surface area contributed by atoms with Crippen LogP contribution < -0.4 is 4.90 Å². The molecule has 1 heterocycles. The van der Waals surface area contributed by atoms with E-state index in [1.165, 1.54) is 12.1 Å². The second-order valence-corrected chi connectivity index (χ2v) is 4.66. The average molecular weight is 271 g/mol. The van der Waals surface area contributed by atoms with Crippen LogP contribution in [0.5, 0.6) is 0 Å². The summed E-state index contributed by atoms with van der Waals surface area (Å²) in [5.74, 6) is 0.259. The van der Waals surface area contributed by atoms with E-state index in [0.29, 0.717) is 25.4 Å². The van der Waals surface area contributed by atoms with Crippen LogP contribution >= 0.6 is 11.6 Å². The third-order valence-corrected chi connectivity index (χ3v) is 3.32. The Morgan fingerprint density at radius 1 is 1.17 bits per heavy atom. The molecule has 0 atom stereocenters. The van der Waals surface area contributed by atoms with Gasteiger partial charge in [-0.1, -0.05) is 0 Å². The van der Waals surface area contributed by atoms with Crippen molar-refractivity contribution in [2.24, 2.45) is 0 Å². The number of carbonyl (C=O) groups excluding carboxylic acids is 1. The molecular weight excluding hydrogens is 255 g/mol. The van der Waals surface area contributed by atoms with Gasteiger partial charge in [0.25, 0.3) is 0 Å². The summed E-state index contributed by atoms with van der Waals surface area (Å²) in [6.07, 6.45) is 0.401. The summed E-state index contributed by atoms with van der Waals surface area (Å²) in [6, 6.07) is 6.46. The molecule has 0 aromatic heterocycles. The van der Waals surface area contributed by atoms with Crippen molar-refractivity contribution in [1.82, 2.24) is 4.90 Å². The highest BCUT2D eigenvalue weighted by Crippen LogP contribution is 2.17. The molecule has 3 nitrogen and oxygen atoms in total. The Balaban J connectivity index is 1.90. The van der Waals surface area contributed by atoms with Gasteiger partial charge in [-0.2, -0.15) is 0 Å². The van der Waals surface area contributed by atoms with E-state index in [1.54, 1.807) is 12.1 Å². The summed E-state index contributed by atoms with van der Waals surface area (Å²) >= 11 is 5.56. The van der Waals surface area contributed by atoms with Crippen molar-refractivity contribution in [3.8, 4) is 0 Å². The first kappa shape index (κ1) is 13.1. The van der Waals surface area contributed by atoms with Gasteiger partial charge in [0.05, 0.1) is 0 Å². The minimum Gasteiger partial charge on any atom is -0.368 e. The number of amides is 1. The van der Waals surface area contributed by atoms with Crippen LogP contribution in [0.4, 0.5) is 10.1 Å². The second-order valence-electron chi connectivity index (χ2n) is 4.28. The Bertz CT molecular complexity index is 402. The van der Waals surface area contributed by atoms with Gasteiger partial charge in [-0.3, -0.25) is 4.79 Å². The van der Waals surface area contributed by atoms with E-state index in [2.05, 4.69) is 4.90 Å². The maximum atomic E-state index is 12.8. The fourth-order valence-electron chi connectivity index (χ4n) is 2.10. The number of benzene rings is 1. The highest BCUT2D eigenvalue weighted by Gasteiger charge is 2.20. The molecule has 1 fully saturated rings. The van der Waals surface area contributed by atoms with Crippen molar-refractivity contribution in [1.29, 1.82) is 0 Å². The van der Waals surface area contributed by atoms with Gasteiger partial charge in [0.15, 0.2) is 0 Å². The predicted octanol–water partition coefficient (Wildman–Crippen LogP) is 2.10. The summed E-state index contributed by atoms with van der Waals surface area (Å²) in [4.78, 5) is 15.7. The lowest BCUT2D eigenvalue weighted by Gasteiger charge is -2.36. The normalized spacial score (nSPS) is 15.9. The number of nitrogens with zero attached hydrogens (tertiary/aromatic N) is 2. The third-order valence-electron chi connectivity index (χ3n) is 3.13. The Labute approximate surface area is 111 Å². The first-order chi connectivity index (χ1) is 8.70. The van der Waals surface area contributed by atoms with Crippen molar-refractivity contribution in [3.63, 3.8) is 0 Å². The monoisotopic (exact) mass is 270 g/mol. The molecule has 1 aromatic rings. The highest BCUT2D eigenvalue weighted by atomic mass is 35.5. The van der Waals surface area contributed by atoms with Gasteiger partial charge >= 0.3 is 0 Å². The fraction of sp³-hybridized carbons (Fsp3) is 0.462. The van der Waals surface area contributed by atoms with E-state index in [9.17, 15) is 9.18 Å². The largest absolute Gasteiger partial charge is 0.368 e. The molecule has 98 valence electrons. The minimum absolute atomic E-state index is 0.115. The lowest BCUT2D eigenvalue weighted by molar-refractivity contribution is -0.131. The molecule has 0 radical (unpaired) electrons. The quantitative estimate of drug-likeness (QED) is 0.786. The Kier molecular flexibility index (Phi) is 4.42. The molecule has 0 saturated carbocycles. The summed E-state index contributed by atoms with van der Waals surface area (Å²) in [5, 5.41) is 0. The van der Waals surface area contributed by atoms with Gasteiger partial charge in [-0.15, -0.1) is 11.6 Å². The number of hydrogen-bond donors (Lipinski definition) is 0. The number of hydrogen-bond acceptors (Lipinski definition) is 2. The standard InChI is InChI=1S/C13H16ClFN2O/c14-6-5-13(18)17-9-7-16(8-10-17)12-3-1-11(15)2-4-12/h1-4H,5-10H2. The average Bonchev–Trinajstić information content (AvgIpc) is 2.40. The van der Waals surface area contributed by atoms with E-state index in [-0.39, 0.29) is 11.7 Å². The van der Waals surface area contributed by atoms with Gasteiger partial charge in [-0.25, -0.2) is 4.39 Å². The van der Waals surface area contributed by atoms with Crippen molar-refractivity contribution < 1.29 is 9.18 Å². The first-order valence-corrected chi connectivity index (χ1v) is 6.58. The van der Waals surface area contributed by atoms with E-state index in [0.717, 1.165) is 18.8 Å². The fourth-order valence-corrected chi connectivity index (χ4v) is 2.27. The van der Waals surface area contributed by atoms with Crippen molar-refractivity contribution in [2.45, 2.75) is 6.42 Å². The molecule has 1 saturated heterocycles. The van der Waals surface area contributed by atoms with E-state index in [1.807, 2.05) is 4.90 Å². The summed E-state index contributed by atoms with van der Waals surface area (Å²) in [6.45, 7) is 2.96. The van der Waals surface area contributed by atoms with Crippen molar-refractivity contribution >= 4 is 23.2 Å². The number of alkyl halides is 1. The molecule has 0 unspecified atom stereocenters. The molecule has 1 aromatic carbocycles. The molecule has 1 aliphatic rings. The molecule has 1 amide bonds. The lowest BCUT2D eigenvalue weighted by Crippen LogP contribution is -2.48. The van der Waals surface area contributed by atoms with Crippen LogP contribution in [0, 0.1) is 5.82 Å². The van der Waals surface area contributed by atoms with E-state index < -0.39 is 0 Å². The third kappa shape index (κ3) is 3.13. The molecule has 0 bridgehead atoms. The Morgan fingerprint density at radius 2 is 1.78 bits per heavy atom. The maximum Gasteiger partial charge on any atom is 0.223 e. The van der Waals surface area contributed by atoms with Gasteiger partial charge < -0.3 is 9.80 Å². The molecule has 5 heteroatoms. The van der Waals surface area contributed by atoms with Crippen LogP contribution in [-0.2, 0) is 4.79 Å². The molecule has 0 N–H and O–H groups in total. The minimum atomic E-state index is -0.227. The van der Waals surface area contributed by atoms with Gasteiger partial charge in [0.1, 0.15) is 5.82 Å². The van der Waals surface area contributed by atoms with Crippen LogP contribution in [0.25, 0.3) is 0 Å². The van der Waals surface area contributed by atoms with Gasteiger partial charge in [0.2, 0.25) is 5.91 Å². The zero-order valence-corrected chi connectivity index (χ0v) is 10.9. The number of piperazine rings is 1. The summed E-state index contributed by atoms with van der Waals surface area (Å²) < 4.78 is 12.8. The van der Waals surface area contributed by atoms with Crippen LogP contribution in [0.3, 0.4) is 0 Å². The van der Waals surface area contributed by atoms with E-state index in [4.69, 9.17) is 11.6 Å². The highest BCUT2D eigenvalue weighted by molar-refractivity contribution is 6.18. The van der Waals surface area contributed by atoms with Crippen LogP contribution in [0.15, 0.2) is 24.3 Å². The maximum absolute atomic E-state index is 12.8. The van der Waals surface area contributed by atoms with Crippen LogP contribution in [0.1, 0.15) is 6.42 Å². The second kappa shape index (κ2) is 6.05. The molecule has 2 rings (SSSR count). The van der Waals surface area contributed by atoms with Crippen molar-refractivity contribution in [3.05, 3.63) is 30.1 Å². The molecule has 18 heavy (non-hydrogen) atoms. The summed E-state index contributed by atoms with van der Waals surface area (Å²) in [5.41, 5.74) is 1.00. The number of rotatable bonds is 3. The molecule has 0 spiro atoms. The molecular formula is C13H16ClFN2O. The topological polar surface area (TPSA) is 23.6 Å². The SMILES string of the molecule is O=C(CCCl)N1CCN(c2ccc(F)cc2)CC1. The van der Waals surface area contributed by atoms with Crippen LogP contribution in [-0.4, -0.2) is 42.9 Å². The van der Waals surface area contributed by atoms with Crippen LogP contribution in [0.2, 0.25) is 0 Å². The first-order valence-electron chi connectivity index (χ1n) is 6.05. The van der Waals surface area contributed by atoms with Gasteiger partial charge in [0, 0.05) is 44.2 Å². The lowest BCUT2D eigenvalue weighted by atomic mass is 10.2. The zero-order valence-electron chi connectivity index (χ0n) is 10.1. The molecule has 0 aliphatic carbocycles.